The molecule has 0 aromatic carbocycles. The Morgan fingerprint density at radius 1 is 1.35 bits per heavy atom. The van der Waals surface area contributed by atoms with Gasteiger partial charge in [-0.1, -0.05) is 12.8 Å². The molecule has 2 unspecified atom stereocenters. The van der Waals surface area contributed by atoms with Gasteiger partial charge in [-0.3, -0.25) is 9.48 Å². The summed E-state index contributed by atoms with van der Waals surface area (Å²) in [5, 5.41) is 13.2. The molecule has 2 aromatic rings. The van der Waals surface area contributed by atoms with E-state index in [-0.39, 0.29) is 36.2 Å². The van der Waals surface area contributed by atoms with Crippen molar-refractivity contribution in [1.29, 1.82) is 0 Å². The molecule has 3 heterocycles. The number of hydrogen-bond donors (Lipinski definition) is 4. The Bertz CT molecular complexity index is 821. The fourth-order valence-electron chi connectivity index (χ4n) is 3.29. The molecule has 0 bridgehead atoms. The number of nitrogens with two attached hydrogens (primary N) is 1. The Kier molecular flexibility index (Phi) is 4.33. The molecule has 1 aliphatic heterocycles. The maximum Gasteiger partial charge on any atom is 0.263 e. The van der Waals surface area contributed by atoms with Crippen LogP contribution in [0.5, 0.6) is 5.88 Å². The van der Waals surface area contributed by atoms with Gasteiger partial charge in [0, 0.05) is 25.3 Å². The van der Waals surface area contributed by atoms with Gasteiger partial charge in [-0.2, -0.15) is 15.1 Å². The summed E-state index contributed by atoms with van der Waals surface area (Å²) in [4.78, 5) is 21.2. The summed E-state index contributed by atoms with van der Waals surface area (Å²) in [5.41, 5.74) is 7.20. The van der Waals surface area contributed by atoms with Crippen LogP contribution in [0.4, 0.5) is 17.5 Å². The highest BCUT2D eigenvalue weighted by Crippen LogP contribution is 2.30. The van der Waals surface area contributed by atoms with E-state index in [1.165, 1.54) is 0 Å². The zero-order chi connectivity index (χ0) is 18.1. The quantitative estimate of drug-likeness (QED) is 0.628. The molecule has 10 nitrogen and oxygen atoms in total. The lowest BCUT2D eigenvalue weighted by molar-refractivity contribution is 0.0879. The van der Waals surface area contributed by atoms with Crippen LogP contribution in [0.3, 0.4) is 0 Å². The summed E-state index contributed by atoms with van der Waals surface area (Å²) in [6.45, 7) is 0.0809. The van der Waals surface area contributed by atoms with Crippen LogP contribution in [0.15, 0.2) is 12.4 Å². The van der Waals surface area contributed by atoms with E-state index >= 15 is 0 Å². The summed E-state index contributed by atoms with van der Waals surface area (Å²) in [7, 11) is 1.81. The molecule has 10 heteroatoms. The highest BCUT2D eigenvalue weighted by atomic mass is 16.5. The second-order valence-corrected chi connectivity index (χ2v) is 6.60. The number of aryl methyl sites for hydroxylation is 1. The molecule has 0 spiro atoms. The average Bonchev–Trinajstić information content (AvgIpc) is 3.02. The molecule has 138 valence electrons. The van der Waals surface area contributed by atoms with Crippen molar-refractivity contribution in [3.63, 3.8) is 0 Å². The lowest BCUT2D eigenvalue weighted by Crippen LogP contribution is -2.43. The van der Waals surface area contributed by atoms with E-state index in [1.54, 1.807) is 17.1 Å². The Morgan fingerprint density at radius 3 is 2.96 bits per heavy atom. The molecule has 4 rings (SSSR count). The van der Waals surface area contributed by atoms with Gasteiger partial charge in [0.2, 0.25) is 11.8 Å². The Balaban J connectivity index is 1.67. The summed E-state index contributed by atoms with van der Waals surface area (Å²) in [6, 6.07) is 0.160. The number of ether oxygens (including phenoxy) is 1. The van der Waals surface area contributed by atoms with E-state index in [0.717, 1.165) is 25.7 Å². The second-order valence-electron chi connectivity index (χ2n) is 6.60. The molecule has 1 amide bonds. The monoisotopic (exact) mass is 358 g/mol. The van der Waals surface area contributed by atoms with Crippen LogP contribution in [-0.4, -0.2) is 44.5 Å². The van der Waals surface area contributed by atoms with Gasteiger partial charge in [0.15, 0.2) is 12.5 Å². The van der Waals surface area contributed by atoms with Crippen molar-refractivity contribution in [1.82, 2.24) is 25.1 Å². The molecule has 26 heavy (non-hydrogen) atoms. The second kappa shape index (κ2) is 6.79. The van der Waals surface area contributed by atoms with E-state index in [0.29, 0.717) is 17.5 Å². The standard InChI is InChI=1S/C16H22N8O2/c1-24-7-9(6-19-24)20-13-12-14(25)18-8-26-15(12)23-16(22-13)21-11-5-3-2-4-10(11)17/h6-7,10-11H,2-5,8,17H2,1H3,(H,18,25)(H2,20,21,22,23). The van der Waals surface area contributed by atoms with E-state index in [9.17, 15) is 4.79 Å². The molecule has 1 saturated carbocycles. The van der Waals surface area contributed by atoms with Crippen LogP contribution in [-0.2, 0) is 7.05 Å². The number of fused-ring (bicyclic) bond motifs is 1. The van der Waals surface area contributed by atoms with Crippen LogP contribution in [0.2, 0.25) is 0 Å². The van der Waals surface area contributed by atoms with E-state index in [1.807, 2.05) is 7.05 Å². The van der Waals surface area contributed by atoms with Gasteiger partial charge in [-0.05, 0) is 12.8 Å². The van der Waals surface area contributed by atoms with Crippen LogP contribution in [0, 0.1) is 0 Å². The van der Waals surface area contributed by atoms with Gasteiger partial charge < -0.3 is 26.4 Å². The third-order valence-electron chi connectivity index (χ3n) is 4.65. The van der Waals surface area contributed by atoms with Gasteiger partial charge in [-0.15, -0.1) is 0 Å². The minimum Gasteiger partial charge on any atom is -0.456 e. The first kappa shape index (κ1) is 16.6. The van der Waals surface area contributed by atoms with Crippen LogP contribution in [0.1, 0.15) is 36.0 Å². The van der Waals surface area contributed by atoms with Crippen molar-refractivity contribution < 1.29 is 9.53 Å². The van der Waals surface area contributed by atoms with Gasteiger partial charge in [-0.25, -0.2) is 0 Å². The van der Waals surface area contributed by atoms with Crippen LogP contribution in [0.25, 0.3) is 0 Å². The lowest BCUT2D eigenvalue weighted by atomic mass is 9.91. The van der Waals surface area contributed by atoms with Crippen molar-refractivity contribution in [2.45, 2.75) is 37.8 Å². The topological polar surface area (TPSA) is 132 Å². The Morgan fingerprint density at radius 2 is 2.19 bits per heavy atom. The largest absolute Gasteiger partial charge is 0.456 e. The fraction of sp³-hybridized carbons (Fsp3) is 0.500. The summed E-state index contributed by atoms with van der Waals surface area (Å²) in [5.74, 6) is 0.736. The molecule has 1 fully saturated rings. The number of hydrogen-bond acceptors (Lipinski definition) is 8. The van der Waals surface area contributed by atoms with E-state index < -0.39 is 0 Å². The maximum atomic E-state index is 12.3. The van der Waals surface area contributed by atoms with Crippen molar-refractivity contribution in [2.24, 2.45) is 12.8 Å². The number of rotatable bonds is 4. The summed E-state index contributed by atoms with van der Waals surface area (Å²) in [6.07, 6.45) is 7.65. The molecule has 2 aliphatic rings. The summed E-state index contributed by atoms with van der Waals surface area (Å²) < 4.78 is 7.18. The number of carbonyl (C=O) groups is 1. The van der Waals surface area contributed by atoms with Gasteiger partial charge >= 0.3 is 0 Å². The first-order valence-electron chi connectivity index (χ1n) is 8.71. The summed E-state index contributed by atoms with van der Waals surface area (Å²) >= 11 is 0. The lowest BCUT2D eigenvalue weighted by Gasteiger charge is -2.29. The van der Waals surface area contributed by atoms with Crippen molar-refractivity contribution >= 4 is 23.4 Å². The zero-order valence-corrected chi connectivity index (χ0v) is 14.5. The molecular formula is C16H22N8O2. The van der Waals surface area contributed by atoms with Crippen molar-refractivity contribution in [3.8, 4) is 5.88 Å². The maximum absolute atomic E-state index is 12.3. The number of carbonyl (C=O) groups excluding carboxylic acids is 1. The predicted molar refractivity (Wildman–Crippen MR) is 95.3 cm³/mol. The molecule has 5 N–H and O–H groups in total. The molecule has 2 atom stereocenters. The molecule has 0 saturated heterocycles. The Labute approximate surface area is 150 Å². The minimum absolute atomic E-state index is 0.0577. The number of aromatic nitrogens is 4. The van der Waals surface area contributed by atoms with E-state index in [4.69, 9.17) is 10.5 Å². The number of nitrogens with zero attached hydrogens (tertiary/aromatic N) is 4. The van der Waals surface area contributed by atoms with Gasteiger partial charge in [0.1, 0.15) is 5.56 Å². The van der Waals surface area contributed by atoms with Crippen LogP contribution >= 0.6 is 0 Å². The van der Waals surface area contributed by atoms with Crippen molar-refractivity contribution in [2.75, 3.05) is 17.4 Å². The van der Waals surface area contributed by atoms with Crippen LogP contribution < -0.4 is 26.4 Å². The average molecular weight is 358 g/mol. The smallest absolute Gasteiger partial charge is 0.263 e. The first-order valence-corrected chi connectivity index (χ1v) is 8.71. The van der Waals surface area contributed by atoms with E-state index in [2.05, 4.69) is 31.0 Å². The highest BCUT2D eigenvalue weighted by Gasteiger charge is 2.28. The number of nitrogens with one attached hydrogen (secondary N) is 3. The fourth-order valence-corrected chi connectivity index (χ4v) is 3.29. The normalized spacial score (nSPS) is 22.2. The highest BCUT2D eigenvalue weighted by molar-refractivity contribution is 6.02. The Hall–Kier alpha value is -2.88. The SMILES string of the molecule is Cn1cc(Nc2nc(NC3CCCCC3N)nc3c2C(=O)NCO3)cn1. The van der Waals surface area contributed by atoms with Gasteiger partial charge in [0.05, 0.1) is 11.9 Å². The molecule has 2 aromatic heterocycles. The zero-order valence-electron chi connectivity index (χ0n) is 14.5. The number of amides is 1. The predicted octanol–water partition coefficient (Wildman–Crippen LogP) is 0.715. The minimum atomic E-state index is -0.279. The van der Waals surface area contributed by atoms with Gasteiger partial charge in [0.25, 0.3) is 5.91 Å². The first-order chi connectivity index (χ1) is 12.6. The molecule has 0 radical (unpaired) electrons. The van der Waals surface area contributed by atoms with Crippen molar-refractivity contribution in [3.05, 3.63) is 18.0 Å². The molecular weight excluding hydrogens is 336 g/mol. The third kappa shape index (κ3) is 3.27. The third-order valence-corrected chi connectivity index (χ3v) is 4.65. The molecule has 1 aliphatic carbocycles. The number of anilines is 3.